The zero-order chi connectivity index (χ0) is 14.2. The number of hydrogen-bond acceptors (Lipinski definition) is 3. The quantitative estimate of drug-likeness (QED) is 0.693. The van der Waals surface area contributed by atoms with Crippen molar-refractivity contribution >= 4 is 5.71 Å². The first-order chi connectivity index (χ1) is 10.4. The van der Waals surface area contributed by atoms with E-state index in [1.807, 2.05) is 0 Å². The van der Waals surface area contributed by atoms with Crippen molar-refractivity contribution in [2.75, 3.05) is 13.2 Å². The summed E-state index contributed by atoms with van der Waals surface area (Å²) in [4.78, 5) is 5.40. The highest BCUT2D eigenvalue weighted by Crippen LogP contribution is 2.58. The second-order valence-corrected chi connectivity index (χ2v) is 5.68. The Labute approximate surface area is 124 Å². The molecule has 4 rings (SSSR count). The van der Waals surface area contributed by atoms with Gasteiger partial charge < -0.3 is 10.6 Å². The maximum absolute atomic E-state index is 5.50. The Balaban J connectivity index is 1.89. The van der Waals surface area contributed by atoms with Crippen LogP contribution in [0.3, 0.4) is 0 Å². The van der Waals surface area contributed by atoms with E-state index >= 15 is 0 Å². The topological polar surface area (TPSA) is 47.6 Å². The zero-order valence-electron chi connectivity index (χ0n) is 11.8. The molecule has 0 aliphatic heterocycles. The third-order valence-corrected chi connectivity index (χ3v) is 4.39. The van der Waals surface area contributed by atoms with Crippen LogP contribution < -0.4 is 5.73 Å². The van der Waals surface area contributed by atoms with E-state index in [2.05, 4.69) is 53.7 Å². The molecule has 3 heteroatoms. The van der Waals surface area contributed by atoms with E-state index in [-0.39, 0.29) is 0 Å². The van der Waals surface area contributed by atoms with Crippen LogP contribution in [0.15, 0.2) is 53.7 Å². The van der Waals surface area contributed by atoms with Crippen LogP contribution in [0.1, 0.15) is 40.5 Å². The first kappa shape index (κ1) is 12.6. The minimum absolute atomic E-state index is 0.445. The summed E-state index contributed by atoms with van der Waals surface area (Å²) < 4.78 is 0. The first-order valence-electron chi connectivity index (χ1n) is 7.48. The molecule has 2 aliphatic carbocycles. The number of rotatable bonds is 3. The normalized spacial score (nSPS) is 21.7. The summed E-state index contributed by atoms with van der Waals surface area (Å²) in [7, 11) is 0. The van der Waals surface area contributed by atoms with Crippen molar-refractivity contribution in [2.45, 2.75) is 18.3 Å². The van der Waals surface area contributed by atoms with Gasteiger partial charge in [0.25, 0.3) is 0 Å². The predicted molar refractivity (Wildman–Crippen MR) is 83.6 cm³/mol. The van der Waals surface area contributed by atoms with Gasteiger partial charge in [0.15, 0.2) is 0 Å². The highest BCUT2D eigenvalue weighted by atomic mass is 16.6. The van der Waals surface area contributed by atoms with Gasteiger partial charge in [-0.2, -0.15) is 0 Å². The van der Waals surface area contributed by atoms with Gasteiger partial charge in [-0.25, -0.2) is 0 Å². The maximum Gasteiger partial charge on any atom is 0.129 e. The summed E-state index contributed by atoms with van der Waals surface area (Å²) in [6.07, 6.45) is 1.24. The highest BCUT2D eigenvalue weighted by Gasteiger charge is 2.44. The molecule has 2 atom stereocenters. The fraction of sp³-hybridized carbons (Fsp3) is 0.278. The van der Waals surface area contributed by atoms with E-state index in [1.165, 1.54) is 28.7 Å². The number of oxime groups is 1. The van der Waals surface area contributed by atoms with Crippen LogP contribution in [0, 0.1) is 0 Å². The Kier molecular flexibility index (Phi) is 3.00. The monoisotopic (exact) mass is 278 g/mol. The van der Waals surface area contributed by atoms with Crippen LogP contribution >= 0.6 is 0 Å². The lowest BCUT2D eigenvalue weighted by Gasteiger charge is -2.11. The van der Waals surface area contributed by atoms with E-state index < -0.39 is 0 Å². The Bertz CT molecular complexity index is 654. The van der Waals surface area contributed by atoms with Gasteiger partial charge in [0, 0.05) is 17.7 Å². The van der Waals surface area contributed by atoms with Gasteiger partial charge in [0.1, 0.15) is 12.3 Å². The lowest BCUT2D eigenvalue weighted by molar-refractivity contribution is 0.152. The van der Waals surface area contributed by atoms with Gasteiger partial charge >= 0.3 is 0 Å². The van der Waals surface area contributed by atoms with Crippen molar-refractivity contribution in [1.82, 2.24) is 0 Å². The van der Waals surface area contributed by atoms with Crippen LogP contribution in [0.5, 0.6) is 0 Å². The molecule has 0 saturated heterocycles. The molecular formula is C18H18N2O. The molecule has 2 N–H and O–H groups in total. The van der Waals surface area contributed by atoms with Gasteiger partial charge in [-0.3, -0.25) is 0 Å². The van der Waals surface area contributed by atoms with Crippen molar-refractivity contribution in [3.8, 4) is 0 Å². The minimum atomic E-state index is 0.445. The molecule has 0 amide bonds. The van der Waals surface area contributed by atoms with Gasteiger partial charge in [-0.05, 0) is 29.4 Å². The summed E-state index contributed by atoms with van der Waals surface area (Å²) in [5, 5.41) is 4.41. The van der Waals surface area contributed by atoms with Crippen LogP contribution in [-0.4, -0.2) is 18.9 Å². The average Bonchev–Trinajstić information content (AvgIpc) is 3.32. The molecule has 3 nitrogen and oxygen atoms in total. The molecular weight excluding hydrogens is 260 g/mol. The number of benzene rings is 2. The molecule has 1 fully saturated rings. The minimum Gasteiger partial charge on any atom is -0.394 e. The van der Waals surface area contributed by atoms with Crippen LogP contribution in [0.4, 0.5) is 0 Å². The summed E-state index contributed by atoms with van der Waals surface area (Å²) in [5.41, 5.74) is 11.6. The van der Waals surface area contributed by atoms with Gasteiger partial charge in [-0.1, -0.05) is 53.7 Å². The molecule has 0 radical (unpaired) electrons. The smallest absolute Gasteiger partial charge is 0.129 e. The maximum atomic E-state index is 5.50. The Morgan fingerprint density at radius 1 is 0.952 bits per heavy atom. The van der Waals surface area contributed by atoms with Crippen LogP contribution in [0.2, 0.25) is 0 Å². The first-order valence-corrected chi connectivity index (χ1v) is 7.48. The zero-order valence-corrected chi connectivity index (χ0v) is 11.8. The highest BCUT2D eigenvalue weighted by molar-refractivity contribution is 6.15. The largest absolute Gasteiger partial charge is 0.394 e. The number of nitrogens with zero attached hydrogens (tertiary/aromatic N) is 1. The number of nitrogens with two attached hydrogens (primary N) is 1. The molecule has 0 aromatic heterocycles. The molecule has 21 heavy (non-hydrogen) atoms. The van der Waals surface area contributed by atoms with E-state index in [1.54, 1.807) is 0 Å². The van der Waals surface area contributed by atoms with Crippen molar-refractivity contribution in [1.29, 1.82) is 0 Å². The number of hydrogen-bond donors (Lipinski definition) is 1. The van der Waals surface area contributed by atoms with Crippen LogP contribution in [0.25, 0.3) is 0 Å². The van der Waals surface area contributed by atoms with Crippen molar-refractivity contribution in [3.05, 3.63) is 70.8 Å². The van der Waals surface area contributed by atoms with Gasteiger partial charge in [0.2, 0.25) is 0 Å². The third-order valence-electron chi connectivity index (χ3n) is 4.39. The average molecular weight is 278 g/mol. The molecule has 1 saturated carbocycles. The lowest BCUT2D eigenvalue weighted by Crippen LogP contribution is -2.11. The Morgan fingerprint density at radius 3 is 2.10 bits per heavy atom. The molecule has 0 bridgehead atoms. The Morgan fingerprint density at radius 2 is 1.52 bits per heavy atom. The van der Waals surface area contributed by atoms with E-state index in [4.69, 9.17) is 10.6 Å². The van der Waals surface area contributed by atoms with Crippen molar-refractivity contribution in [2.24, 2.45) is 10.9 Å². The standard InChI is InChI=1S/C18H18N2O/c19-9-10-21-20-18-14-7-3-1-5-12(14)16-11-17(16)13-6-2-4-8-15(13)18/h1-8,16-17H,9-11,19H2. The molecule has 2 unspecified atom stereocenters. The SMILES string of the molecule is NCCON=C1c2ccccc2C2CC2c2ccccc21. The van der Waals surface area contributed by atoms with Gasteiger partial charge in [0.05, 0.1) is 0 Å². The molecule has 2 aliphatic rings. The van der Waals surface area contributed by atoms with Gasteiger partial charge in [-0.15, -0.1) is 0 Å². The van der Waals surface area contributed by atoms with E-state index in [0.717, 1.165) is 5.71 Å². The summed E-state index contributed by atoms with van der Waals surface area (Å²) in [6, 6.07) is 17.1. The van der Waals surface area contributed by atoms with E-state index in [0.29, 0.717) is 25.0 Å². The predicted octanol–water partition coefficient (Wildman–Crippen LogP) is 3.00. The summed E-state index contributed by atoms with van der Waals surface area (Å²) in [6.45, 7) is 0.923. The van der Waals surface area contributed by atoms with Crippen LogP contribution in [-0.2, 0) is 4.84 Å². The molecule has 2 aromatic carbocycles. The molecule has 0 spiro atoms. The molecule has 106 valence electrons. The second-order valence-electron chi connectivity index (χ2n) is 5.68. The second kappa shape index (κ2) is 5.01. The van der Waals surface area contributed by atoms with E-state index in [9.17, 15) is 0 Å². The van der Waals surface area contributed by atoms with Crippen molar-refractivity contribution in [3.63, 3.8) is 0 Å². The van der Waals surface area contributed by atoms with Crippen molar-refractivity contribution < 1.29 is 4.84 Å². The molecule has 2 aromatic rings. The number of fused-ring (bicyclic) bond motifs is 5. The fourth-order valence-corrected chi connectivity index (χ4v) is 3.36. The fourth-order valence-electron chi connectivity index (χ4n) is 3.36. The summed E-state index contributed by atoms with van der Waals surface area (Å²) in [5.74, 6) is 1.26. The molecule has 0 heterocycles. The Hall–Kier alpha value is -2.13. The third kappa shape index (κ3) is 2.05. The summed E-state index contributed by atoms with van der Waals surface area (Å²) >= 11 is 0. The lowest BCUT2D eigenvalue weighted by atomic mass is 9.95.